The molecule has 0 unspecified atom stereocenters. The van der Waals surface area contributed by atoms with Crippen LogP contribution >= 0.6 is 0 Å². The molecule has 4 nitrogen and oxygen atoms in total. The van der Waals surface area contributed by atoms with Crippen molar-refractivity contribution in [1.29, 1.82) is 0 Å². The highest BCUT2D eigenvalue weighted by molar-refractivity contribution is 5.95. The van der Waals surface area contributed by atoms with Crippen LogP contribution < -0.4 is 5.32 Å². The highest BCUT2D eigenvalue weighted by atomic mass is 16.5. The summed E-state index contributed by atoms with van der Waals surface area (Å²) in [5.41, 5.74) is 1.16. The lowest BCUT2D eigenvalue weighted by atomic mass is 10.2. The lowest BCUT2D eigenvalue weighted by Gasteiger charge is -2.05. The molecule has 0 saturated heterocycles. The van der Waals surface area contributed by atoms with E-state index in [1.807, 2.05) is 0 Å². The second-order valence-electron chi connectivity index (χ2n) is 4.23. The first-order chi connectivity index (χ1) is 8.70. The molecule has 1 fully saturated rings. The summed E-state index contributed by atoms with van der Waals surface area (Å²) in [7, 11) is 0. The molecule has 1 saturated carbocycles. The van der Waals surface area contributed by atoms with Crippen LogP contribution in [0.1, 0.15) is 23.2 Å². The van der Waals surface area contributed by atoms with Crippen molar-refractivity contribution in [2.45, 2.75) is 12.8 Å². The summed E-state index contributed by atoms with van der Waals surface area (Å²) in [6, 6.07) is 6.66. The first kappa shape index (κ1) is 12.4. The minimum Gasteiger partial charge on any atom is -0.458 e. The zero-order chi connectivity index (χ0) is 13.0. The van der Waals surface area contributed by atoms with Gasteiger partial charge in [-0.25, -0.2) is 4.79 Å². The normalized spacial score (nSPS) is 13.8. The van der Waals surface area contributed by atoms with E-state index in [1.54, 1.807) is 24.3 Å². The van der Waals surface area contributed by atoms with E-state index in [0.717, 1.165) is 12.8 Å². The average molecular weight is 245 g/mol. The molecule has 1 aliphatic carbocycles. The van der Waals surface area contributed by atoms with Crippen LogP contribution in [0.2, 0.25) is 0 Å². The maximum absolute atomic E-state index is 11.5. The minimum absolute atomic E-state index is 0.0528. The molecule has 1 N–H and O–H groups in total. The summed E-state index contributed by atoms with van der Waals surface area (Å²) < 4.78 is 4.90. The van der Waals surface area contributed by atoms with Gasteiger partial charge in [-0.05, 0) is 37.1 Å². The van der Waals surface area contributed by atoms with E-state index < -0.39 is 5.97 Å². The zero-order valence-electron chi connectivity index (χ0n) is 10.0. The first-order valence-corrected chi connectivity index (χ1v) is 5.89. The molecule has 0 atom stereocenters. The molecule has 0 aromatic heterocycles. The maximum Gasteiger partial charge on any atom is 0.338 e. The average Bonchev–Trinajstić information content (AvgIpc) is 3.21. The molecule has 1 aliphatic rings. The van der Waals surface area contributed by atoms with Gasteiger partial charge < -0.3 is 10.1 Å². The summed E-state index contributed by atoms with van der Waals surface area (Å²) >= 11 is 0. The molecule has 1 aromatic rings. The van der Waals surface area contributed by atoms with Crippen molar-refractivity contribution >= 4 is 17.6 Å². The van der Waals surface area contributed by atoms with Gasteiger partial charge >= 0.3 is 5.97 Å². The van der Waals surface area contributed by atoms with Gasteiger partial charge in [-0.2, -0.15) is 0 Å². The molecular formula is C14H15NO3. The molecule has 0 radical (unpaired) electrons. The van der Waals surface area contributed by atoms with Crippen LogP contribution in [0, 0.1) is 5.92 Å². The van der Waals surface area contributed by atoms with E-state index in [1.165, 1.54) is 6.08 Å². The van der Waals surface area contributed by atoms with Crippen molar-refractivity contribution < 1.29 is 14.3 Å². The van der Waals surface area contributed by atoms with Crippen molar-refractivity contribution in [2.75, 3.05) is 11.9 Å². The Kier molecular flexibility index (Phi) is 3.77. The number of carbonyl (C=O) groups excluding carboxylic acids is 2. The van der Waals surface area contributed by atoms with Crippen LogP contribution in [0.5, 0.6) is 0 Å². The highest BCUT2D eigenvalue weighted by Gasteiger charge is 2.29. The highest BCUT2D eigenvalue weighted by Crippen LogP contribution is 2.30. The monoisotopic (exact) mass is 245 g/mol. The van der Waals surface area contributed by atoms with Gasteiger partial charge in [0.05, 0.1) is 5.56 Å². The van der Waals surface area contributed by atoms with Gasteiger partial charge in [0, 0.05) is 11.6 Å². The van der Waals surface area contributed by atoms with Crippen LogP contribution in [-0.4, -0.2) is 18.5 Å². The largest absolute Gasteiger partial charge is 0.458 e. The van der Waals surface area contributed by atoms with Crippen molar-refractivity contribution in [3.63, 3.8) is 0 Å². The van der Waals surface area contributed by atoms with Gasteiger partial charge in [0.25, 0.3) is 0 Å². The van der Waals surface area contributed by atoms with Crippen LogP contribution in [-0.2, 0) is 9.53 Å². The smallest absolute Gasteiger partial charge is 0.338 e. The van der Waals surface area contributed by atoms with Gasteiger partial charge in [0.15, 0.2) is 0 Å². The SMILES string of the molecule is C=CCOC(=O)c1ccc(NC(=O)C2CC2)cc1. The Morgan fingerprint density at radius 1 is 1.33 bits per heavy atom. The fourth-order valence-corrected chi connectivity index (χ4v) is 1.50. The number of esters is 1. The fraction of sp³-hybridized carbons (Fsp3) is 0.286. The Bertz CT molecular complexity index is 460. The molecule has 0 bridgehead atoms. The lowest BCUT2D eigenvalue weighted by molar-refractivity contribution is -0.117. The van der Waals surface area contributed by atoms with Gasteiger partial charge in [-0.15, -0.1) is 0 Å². The van der Waals surface area contributed by atoms with E-state index in [2.05, 4.69) is 11.9 Å². The van der Waals surface area contributed by atoms with E-state index in [4.69, 9.17) is 4.74 Å². The molecule has 94 valence electrons. The number of carbonyl (C=O) groups is 2. The summed E-state index contributed by atoms with van der Waals surface area (Å²) in [6.45, 7) is 3.66. The fourth-order valence-electron chi connectivity index (χ4n) is 1.50. The molecule has 1 aromatic carbocycles. The molecule has 0 aliphatic heterocycles. The maximum atomic E-state index is 11.5. The zero-order valence-corrected chi connectivity index (χ0v) is 10.0. The van der Waals surface area contributed by atoms with Gasteiger partial charge in [0.2, 0.25) is 5.91 Å². The van der Waals surface area contributed by atoms with E-state index in [-0.39, 0.29) is 18.4 Å². The number of rotatable bonds is 5. The Labute approximate surface area is 106 Å². The Balaban J connectivity index is 1.93. The van der Waals surface area contributed by atoms with Crippen molar-refractivity contribution in [3.8, 4) is 0 Å². The molecule has 0 spiro atoms. The van der Waals surface area contributed by atoms with Crippen molar-refractivity contribution in [3.05, 3.63) is 42.5 Å². The molecule has 18 heavy (non-hydrogen) atoms. The second kappa shape index (κ2) is 5.49. The molecule has 2 rings (SSSR count). The number of hydrogen-bond donors (Lipinski definition) is 1. The Morgan fingerprint density at radius 3 is 2.56 bits per heavy atom. The Morgan fingerprint density at radius 2 is 2.00 bits per heavy atom. The Hall–Kier alpha value is -2.10. The lowest BCUT2D eigenvalue weighted by Crippen LogP contribution is -2.13. The summed E-state index contributed by atoms with van der Waals surface area (Å²) in [5.74, 6) is -0.172. The van der Waals surface area contributed by atoms with Gasteiger partial charge in [0.1, 0.15) is 6.61 Å². The third-order valence-electron chi connectivity index (χ3n) is 2.67. The molecule has 1 amide bonds. The number of benzene rings is 1. The van der Waals surface area contributed by atoms with Crippen LogP contribution in [0.15, 0.2) is 36.9 Å². The third-order valence-corrected chi connectivity index (χ3v) is 2.67. The van der Waals surface area contributed by atoms with Gasteiger partial charge in [-0.1, -0.05) is 12.7 Å². The first-order valence-electron chi connectivity index (χ1n) is 5.89. The standard InChI is InChI=1S/C14H15NO3/c1-2-9-18-14(17)11-5-7-12(8-6-11)15-13(16)10-3-4-10/h2,5-8,10H,1,3-4,9H2,(H,15,16). The van der Waals surface area contributed by atoms with Crippen molar-refractivity contribution in [1.82, 2.24) is 0 Å². The van der Waals surface area contributed by atoms with Crippen LogP contribution in [0.4, 0.5) is 5.69 Å². The summed E-state index contributed by atoms with van der Waals surface area (Å²) in [4.78, 5) is 23.0. The van der Waals surface area contributed by atoms with Crippen molar-refractivity contribution in [2.24, 2.45) is 5.92 Å². The number of hydrogen-bond acceptors (Lipinski definition) is 3. The third kappa shape index (κ3) is 3.20. The predicted molar refractivity (Wildman–Crippen MR) is 68.3 cm³/mol. The minimum atomic E-state index is -0.394. The van der Waals surface area contributed by atoms with Gasteiger partial charge in [-0.3, -0.25) is 4.79 Å². The number of ether oxygens (including phenoxy) is 1. The van der Waals surface area contributed by atoms with E-state index >= 15 is 0 Å². The van der Waals surface area contributed by atoms with E-state index in [0.29, 0.717) is 11.3 Å². The topological polar surface area (TPSA) is 55.4 Å². The molecular weight excluding hydrogens is 230 g/mol. The number of anilines is 1. The number of amides is 1. The van der Waals surface area contributed by atoms with Crippen LogP contribution in [0.25, 0.3) is 0 Å². The predicted octanol–water partition coefficient (Wildman–Crippen LogP) is 2.38. The second-order valence-corrected chi connectivity index (χ2v) is 4.23. The molecule has 4 heteroatoms. The number of nitrogens with one attached hydrogen (secondary N) is 1. The summed E-state index contributed by atoms with van der Waals surface area (Å²) in [6.07, 6.45) is 3.46. The van der Waals surface area contributed by atoms with E-state index in [9.17, 15) is 9.59 Å². The summed E-state index contributed by atoms with van der Waals surface area (Å²) in [5, 5.41) is 2.81. The van der Waals surface area contributed by atoms with Crippen LogP contribution in [0.3, 0.4) is 0 Å². The molecule has 0 heterocycles. The quantitative estimate of drug-likeness (QED) is 0.640.